The number of nitrogens with one attached hydrogen (secondary N) is 1. The first-order chi connectivity index (χ1) is 11.2. The van der Waals surface area contributed by atoms with Crippen molar-refractivity contribution in [3.8, 4) is 5.75 Å². The zero-order valence-corrected chi connectivity index (χ0v) is 15.9. The van der Waals surface area contributed by atoms with E-state index < -0.39 is 0 Å². The van der Waals surface area contributed by atoms with Crippen molar-refractivity contribution in [2.75, 3.05) is 12.4 Å². The molecule has 0 radical (unpaired) electrons. The van der Waals surface area contributed by atoms with Crippen LogP contribution in [0.3, 0.4) is 0 Å². The average Bonchev–Trinajstić information content (AvgIpc) is 3.04. The molecule has 2 aromatic rings. The molecule has 23 heavy (non-hydrogen) atoms. The highest BCUT2D eigenvalue weighted by Gasteiger charge is 2.39. The van der Waals surface area contributed by atoms with Gasteiger partial charge in [-0.15, -0.1) is 0 Å². The van der Waals surface area contributed by atoms with Crippen LogP contribution >= 0.6 is 31.9 Å². The van der Waals surface area contributed by atoms with Crippen molar-refractivity contribution >= 4 is 37.5 Å². The highest BCUT2D eigenvalue weighted by Crippen LogP contribution is 2.51. The second kappa shape index (κ2) is 5.99. The van der Waals surface area contributed by atoms with Crippen LogP contribution < -0.4 is 10.1 Å². The summed E-state index contributed by atoms with van der Waals surface area (Å²) < 4.78 is 7.84. The maximum absolute atomic E-state index is 5.62. The molecule has 3 atom stereocenters. The van der Waals surface area contributed by atoms with E-state index in [2.05, 4.69) is 73.6 Å². The summed E-state index contributed by atoms with van der Waals surface area (Å²) in [6.07, 6.45) is 5.75. The van der Waals surface area contributed by atoms with Crippen LogP contribution in [0.5, 0.6) is 5.75 Å². The highest BCUT2D eigenvalue weighted by molar-refractivity contribution is 9.10. The monoisotopic (exact) mass is 433 g/mol. The SMILES string of the molecule is COc1ccc(Br)cc1C1Nc2ccc(Br)cc2C2C=CCC21. The van der Waals surface area contributed by atoms with Gasteiger partial charge in [-0.1, -0.05) is 44.0 Å². The molecular weight excluding hydrogens is 418 g/mol. The van der Waals surface area contributed by atoms with Gasteiger partial charge in [0.1, 0.15) is 5.75 Å². The van der Waals surface area contributed by atoms with Crippen LogP contribution in [0, 0.1) is 5.92 Å². The minimum atomic E-state index is 0.246. The van der Waals surface area contributed by atoms with E-state index in [1.165, 1.54) is 16.8 Å². The van der Waals surface area contributed by atoms with Crippen molar-refractivity contribution < 1.29 is 4.74 Å². The zero-order valence-electron chi connectivity index (χ0n) is 12.7. The standard InChI is InChI=1S/C19H17Br2NO/c1-23-18-8-6-12(21)10-16(18)19-14-4-2-3-13(14)15-9-11(20)5-7-17(15)22-19/h2-3,5-10,13-14,19,22H,4H2,1H3. The summed E-state index contributed by atoms with van der Waals surface area (Å²) in [6, 6.07) is 13.0. The number of rotatable bonds is 2. The maximum atomic E-state index is 5.62. The van der Waals surface area contributed by atoms with Gasteiger partial charge in [0.25, 0.3) is 0 Å². The third-order valence-electron chi connectivity index (χ3n) is 4.85. The Morgan fingerprint density at radius 1 is 1.04 bits per heavy atom. The molecule has 0 fully saturated rings. The topological polar surface area (TPSA) is 21.3 Å². The molecule has 2 nitrogen and oxygen atoms in total. The van der Waals surface area contributed by atoms with Crippen LogP contribution in [0.25, 0.3) is 0 Å². The lowest BCUT2D eigenvalue weighted by Gasteiger charge is -2.38. The Morgan fingerprint density at radius 2 is 1.78 bits per heavy atom. The van der Waals surface area contributed by atoms with Gasteiger partial charge in [-0.3, -0.25) is 0 Å². The first-order valence-corrected chi connectivity index (χ1v) is 9.32. The normalized spacial score (nSPS) is 24.7. The molecular formula is C19H17Br2NO. The van der Waals surface area contributed by atoms with Crippen molar-refractivity contribution in [1.82, 2.24) is 0 Å². The number of hydrogen-bond acceptors (Lipinski definition) is 2. The molecule has 1 aliphatic carbocycles. The Bertz CT molecular complexity index is 787. The summed E-state index contributed by atoms with van der Waals surface area (Å²) in [5.74, 6) is 1.91. The second-order valence-electron chi connectivity index (χ2n) is 6.09. The van der Waals surface area contributed by atoms with E-state index in [0.717, 1.165) is 21.1 Å². The Balaban J connectivity index is 1.82. The van der Waals surface area contributed by atoms with Crippen LogP contribution in [-0.4, -0.2) is 7.11 Å². The van der Waals surface area contributed by atoms with E-state index in [4.69, 9.17) is 4.74 Å². The molecule has 0 bridgehead atoms. The summed E-state index contributed by atoms with van der Waals surface area (Å²) >= 11 is 7.20. The van der Waals surface area contributed by atoms with Gasteiger partial charge < -0.3 is 10.1 Å². The van der Waals surface area contributed by atoms with Gasteiger partial charge in [0.05, 0.1) is 13.2 Å². The average molecular weight is 435 g/mol. The van der Waals surface area contributed by atoms with Crippen LogP contribution in [-0.2, 0) is 0 Å². The molecule has 4 rings (SSSR count). The summed E-state index contributed by atoms with van der Waals surface area (Å²) in [6.45, 7) is 0. The number of halogens is 2. The molecule has 0 saturated heterocycles. The Kier molecular flexibility index (Phi) is 3.98. The largest absolute Gasteiger partial charge is 0.496 e. The zero-order chi connectivity index (χ0) is 16.0. The smallest absolute Gasteiger partial charge is 0.124 e. The van der Waals surface area contributed by atoms with Crippen molar-refractivity contribution in [2.24, 2.45) is 5.92 Å². The van der Waals surface area contributed by atoms with Crippen LogP contribution in [0.15, 0.2) is 57.5 Å². The lowest BCUT2D eigenvalue weighted by atomic mass is 9.77. The fourth-order valence-corrected chi connectivity index (χ4v) is 4.58. The first kappa shape index (κ1) is 15.3. The number of methoxy groups -OCH3 is 1. The molecule has 0 saturated carbocycles. The third-order valence-corrected chi connectivity index (χ3v) is 5.84. The highest BCUT2D eigenvalue weighted by atomic mass is 79.9. The third kappa shape index (κ3) is 2.62. The molecule has 1 N–H and O–H groups in total. The molecule has 2 aliphatic rings. The minimum absolute atomic E-state index is 0.246. The fraction of sp³-hybridized carbons (Fsp3) is 0.263. The number of hydrogen-bond donors (Lipinski definition) is 1. The lowest BCUT2D eigenvalue weighted by Crippen LogP contribution is -2.29. The predicted octanol–water partition coefficient (Wildman–Crippen LogP) is 6.05. The van der Waals surface area contributed by atoms with E-state index in [0.29, 0.717) is 11.8 Å². The van der Waals surface area contributed by atoms with Gasteiger partial charge in [-0.05, 0) is 54.3 Å². The Hall–Kier alpha value is -1.26. The van der Waals surface area contributed by atoms with Crippen LogP contribution in [0.2, 0.25) is 0 Å². The number of anilines is 1. The number of fused-ring (bicyclic) bond motifs is 3. The molecule has 0 amide bonds. The summed E-state index contributed by atoms with van der Waals surface area (Å²) in [4.78, 5) is 0. The summed E-state index contributed by atoms with van der Waals surface area (Å²) in [5.41, 5.74) is 3.81. The van der Waals surface area contributed by atoms with E-state index in [1.54, 1.807) is 7.11 Å². The van der Waals surface area contributed by atoms with Crippen molar-refractivity contribution in [3.63, 3.8) is 0 Å². The van der Waals surface area contributed by atoms with Gasteiger partial charge in [0.15, 0.2) is 0 Å². The molecule has 1 aliphatic heterocycles. The number of allylic oxidation sites excluding steroid dienone is 2. The Morgan fingerprint density at radius 3 is 2.57 bits per heavy atom. The van der Waals surface area contributed by atoms with Crippen LogP contribution in [0.4, 0.5) is 5.69 Å². The van der Waals surface area contributed by atoms with Crippen molar-refractivity contribution in [2.45, 2.75) is 18.4 Å². The van der Waals surface area contributed by atoms with E-state index in [9.17, 15) is 0 Å². The maximum Gasteiger partial charge on any atom is 0.124 e. The lowest BCUT2D eigenvalue weighted by molar-refractivity contribution is 0.381. The minimum Gasteiger partial charge on any atom is -0.496 e. The molecule has 118 valence electrons. The molecule has 0 spiro atoms. The summed E-state index contributed by atoms with van der Waals surface area (Å²) in [5, 5.41) is 3.75. The number of ether oxygens (including phenoxy) is 1. The molecule has 1 heterocycles. The van der Waals surface area contributed by atoms with Crippen molar-refractivity contribution in [1.29, 1.82) is 0 Å². The van der Waals surface area contributed by atoms with Gasteiger partial charge in [-0.25, -0.2) is 0 Å². The molecule has 3 unspecified atom stereocenters. The van der Waals surface area contributed by atoms with Gasteiger partial charge in [0, 0.05) is 26.1 Å². The van der Waals surface area contributed by atoms with E-state index >= 15 is 0 Å². The summed E-state index contributed by atoms with van der Waals surface area (Å²) in [7, 11) is 1.74. The quantitative estimate of drug-likeness (QED) is 0.581. The fourth-order valence-electron chi connectivity index (χ4n) is 3.82. The predicted molar refractivity (Wildman–Crippen MR) is 101 cm³/mol. The molecule has 4 heteroatoms. The van der Waals surface area contributed by atoms with E-state index in [1.807, 2.05) is 12.1 Å². The van der Waals surface area contributed by atoms with Crippen LogP contribution in [0.1, 0.15) is 29.5 Å². The molecule has 2 aromatic carbocycles. The van der Waals surface area contributed by atoms with Gasteiger partial charge >= 0.3 is 0 Å². The second-order valence-corrected chi connectivity index (χ2v) is 7.92. The number of benzene rings is 2. The van der Waals surface area contributed by atoms with E-state index in [-0.39, 0.29) is 6.04 Å². The van der Waals surface area contributed by atoms with Gasteiger partial charge in [0.2, 0.25) is 0 Å². The molecule has 0 aromatic heterocycles. The van der Waals surface area contributed by atoms with Crippen molar-refractivity contribution in [3.05, 3.63) is 68.6 Å². The Labute approximate surface area is 153 Å². The van der Waals surface area contributed by atoms with Gasteiger partial charge in [-0.2, -0.15) is 0 Å². The first-order valence-electron chi connectivity index (χ1n) is 7.73.